The first-order chi connectivity index (χ1) is 9.60. The van der Waals surface area contributed by atoms with Crippen LogP contribution in [0.3, 0.4) is 0 Å². The van der Waals surface area contributed by atoms with Gasteiger partial charge in [-0.15, -0.1) is 11.3 Å². The number of hydrogen-bond donors (Lipinski definition) is 1. The highest BCUT2D eigenvalue weighted by atomic mass is 32.1. The van der Waals surface area contributed by atoms with Crippen molar-refractivity contribution in [2.75, 3.05) is 6.54 Å². The van der Waals surface area contributed by atoms with E-state index in [1.165, 1.54) is 24.1 Å². The molecule has 1 aromatic heterocycles. The van der Waals surface area contributed by atoms with Gasteiger partial charge in [-0.05, 0) is 56.4 Å². The van der Waals surface area contributed by atoms with Crippen LogP contribution in [0, 0.1) is 11.8 Å². The molecule has 3 unspecified atom stereocenters. The fourth-order valence-electron chi connectivity index (χ4n) is 3.27. The van der Waals surface area contributed by atoms with Gasteiger partial charge in [-0.3, -0.25) is 4.90 Å². The molecule has 0 radical (unpaired) electrons. The molecule has 2 rings (SSSR count). The van der Waals surface area contributed by atoms with Crippen molar-refractivity contribution >= 4 is 11.3 Å². The number of thiophene rings is 1. The van der Waals surface area contributed by atoms with Crippen LogP contribution in [-0.2, 0) is 6.54 Å². The molecular weight excluding hydrogens is 266 g/mol. The molecule has 1 aliphatic carbocycles. The van der Waals surface area contributed by atoms with Crippen LogP contribution in [0.4, 0.5) is 0 Å². The van der Waals surface area contributed by atoms with Gasteiger partial charge in [0.2, 0.25) is 0 Å². The Morgan fingerprint density at radius 3 is 2.80 bits per heavy atom. The fraction of sp³-hybridized carbons (Fsp3) is 0.765. The van der Waals surface area contributed by atoms with E-state index in [2.05, 4.69) is 43.2 Å². The summed E-state index contributed by atoms with van der Waals surface area (Å²) in [4.78, 5) is 3.95. The van der Waals surface area contributed by atoms with Crippen molar-refractivity contribution in [1.29, 1.82) is 0 Å². The molecule has 20 heavy (non-hydrogen) atoms. The lowest BCUT2D eigenvalue weighted by atomic mass is 9.78. The van der Waals surface area contributed by atoms with E-state index in [1.807, 2.05) is 11.3 Å². The molecule has 0 amide bonds. The topological polar surface area (TPSA) is 23.5 Å². The Balaban J connectivity index is 1.96. The molecule has 0 saturated heterocycles. The van der Waals surface area contributed by atoms with Crippen molar-refractivity contribution in [3.63, 3.8) is 0 Å². The van der Waals surface area contributed by atoms with Gasteiger partial charge in [-0.2, -0.15) is 0 Å². The molecule has 114 valence electrons. The quantitative estimate of drug-likeness (QED) is 0.852. The predicted octanol–water partition coefficient (Wildman–Crippen LogP) is 4.15. The van der Waals surface area contributed by atoms with Crippen molar-refractivity contribution < 1.29 is 5.11 Å². The summed E-state index contributed by atoms with van der Waals surface area (Å²) in [6.07, 6.45) is 4.57. The third-order valence-electron chi connectivity index (χ3n) is 4.77. The molecule has 1 aliphatic rings. The number of hydrogen-bond acceptors (Lipinski definition) is 3. The minimum absolute atomic E-state index is 0.0950. The standard InChI is InChI=1S/C17H29NOS/c1-4-14-7-8-17(19)15(10-14)11-18(13(2)3)12-16-6-5-9-20-16/h5-6,9,13-15,17,19H,4,7-8,10-12H2,1-3H3. The highest BCUT2D eigenvalue weighted by Gasteiger charge is 2.30. The zero-order chi connectivity index (χ0) is 14.5. The summed E-state index contributed by atoms with van der Waals surface area (Å²) in [6, 6.07) is 4.87. The summed E-state index contributed by atoms with van der Waals surface area (Å²) in [5, 5.41) is 12.5. The van der Waals surface area contributed by atoms with Crippen LogP contribution in [0.2, 0.25) is 0 Å². The first-order valence-electron chi connectivity index (χ1n) is 8.04. The molecular formula is C17H29NOS. The fourth-order valence-corrected chi connectivity index (χ4v) is 4.00. The van der Waals surface area contributed by atoms with Gasteiger partial charge in [0.15, 0.2) is 0 Å². The molecule has 3 heteroatoms. The third-order valence-corrected chi connectivity index (χ3v) is 5.63. The zero-order valence-electron chi connectivity index (χ0n) is 13.1. The van der Waals surface area contributed by atoms with Crippen LogP contribution < -0.4 is 0 Å². The summed E-state index contributed by atoms with van der Waals surface area (Å²) < 4.78 is 0. The highest BCUT2D eigenvalue weighted by Crippen LogP contribution is 2.32. The Labute approximate surface area is 127 Å². The minimum atomic E-state index is -0.0950. The molecule has 0 spiro atoms. The van der Waals surface area contributed by atoms with Gasteiger partial charge >= 0.3 is 0 Å². The summed E-state index contributed by atoms with van der Waals surface area (Å²) in [5.74, 6) is 1.27. The number of aliphatic hydroxyl groups is 1. The zero-order valence-corrected chi connectivity index (χ0v) is 13.9. The summed E-state index contributed by atoms with van der Waals surface area (Å²) in [6.45, 7) is 8.87. The second-order valence-corrected chi connectivity index (χ2v) is 7.55. The Morgan fingerprint density at radius 2 is 2.20 bits per heavy atom. The summed E-state index contributed by atoms with van der Waals surface area (Å²) in [7, 11) is 0. The van der Waals surface area contributed by atoms with Gasteiger partial charge in [-0.1, -0.05) is 19.4 Å². The van der Waals surface area contributed by atoms with Crippen LogP contribution in [0.15, 0.2) is 17.5 Å². The van der Waals surface area contributed by atoms with E-state index < -0.39 is 0 Å². The van der Waals surface area contributed by atoms with E-state index in [-0.39, 0.29) is 6.10 Å². The number of nitrogens with zero attached hydrogens (tertiary/aromatic N) is 1. The molecule has 0 aliphatic heterocycles. The number of rotatable bonds is 6. The Bertz CT molecular complexity index is 376. The maximum Gasteiger partial charge on any atom is 0.0580 e. The molecule has 1 N–H and O–H groups in total. The van der Waals surface area contributed by atoms with Gasteiger partial charge in [-0.25, -0.2) is 0 Å². The molecule has 1 fully saturated rings. The van der Waals surface area contributed by atoms with Crippen molar-refractivity contribution in [2.24, 2.45) is 11.8 Å². The van der Waals surface area contributed by atoms with Crippen molar-refractivity contribution in [3.05, 3.63) is 22.4 Å². The van der Waals surface area contributed by atoms with Crippen molar-refractivity contribution in [3.8, 4) is 0 Å². The van der Waals surface area contributed by atoms with Crippen molar-refractivity contribution in [2.45, 2.75) is 65.1 Å². The predicted molar refractivity (Wildman–Crippen MR) is 87.0 cm³/mol. The van der Waals surface area contributed by atoms with Gasteiger partial charge in [0.25, 0.3) is 0 Å². The van der Waals surface area contributed by atoms with Crippen LogP contribution in [0.1, 0.15) is 51.3 Å². The maximum atomic E-state index is 10.3. The van der Waals surface area contributed by atoms with E-state index in [1.54, 1.807) is 0 Å². The Morgan fingerprint density at radius 1 is 1.40 bits per heavy atom. The molecule has 1 heterocycles. The minimum Gasteiger partial charge on any atom is -0.393 e. The average Bonchev–Trinajstić information content (AvgIpc) is 2.93. The molecule has 1 saturated carbocycles. The number of aliphatic hydroxyl groups excluding tert-OH is 1. The summed E-state index contributed by atoms with van der Waals surface area (Å²) >= 11 is 1.83. The normalized spacial score (nSPS) is 27.4. The Hall–Kier alpha value is -0.380. The smallest absolute Gasteiger partial charge is 0.0580 e. The molecule has 3 atom stereocenters. The van der Waals surface area contributed by atoms with Gasteiger partial charge in [0.1, 0.15) is 0 Å². The maximum absolute atomic E-state index is 10.3. The van der Waals surface area contributed by atoms with Crippen LogP contribution >= 0.6 is 11.3 Å². The lowest BCUT2D eigenvalue weighted by molar-refractivity contribution is 0.0193. The van der Waals surface area contributed by atoms with Crippen LogP contribution in [0.5, 0.6) is 0 Å². The van der Waals surface area contributed by atoms with E-state index in [0.29, 0.717) is 12.0 Å². The van der Waals surface area contributed by atoms with E-state index >= 15 is 0 Å². The lowest BCUT2D eigenvalue weighted by Crippen LogP contribution is -2.41. The Kier molecular flexibility index (Phi) is 6.06. The van der Waals surface area contributed by atoms with Crippen LogP contribution in [-0.4, -0.2) is 28.7 Å². The highest BCUT2D eigenvalue weighted by molar-refractivity contribution is 7.09. The monoisotopic (exact) mass is 295 g/mol. The lowest BCUT2D eigenvalue weighted by Gasteiger charge is -2.37. The second-order valence-electron chi connectivity index (χ2n) is 6.52. The average molecular weight is 295 g/mol. The molecule has 0 aromatic carbocycles. The molecule has 2 nitrogen and oxygen atoms in total. The van der Waals surface area contributed by atoms with Gasteiger partial charge < -0.3 is 5.11 Å². The van der Waals surface area contributed by atoms with Crippen molar-refractivity contribution in [1.82, 2.24) is 4.90 Å². The van der Waals surface area contributed by atoms with E-state index in [9.17, 15) is 5.11 Å². The third kappa shape index (κ3) is 4.31. The first-order valence-corrected chi connectivity index (χ1v) is 8.92. The SMILES string of the molecule is CCC1CCC(O)C(CN(Cc2cccs2)C(C)C)C1. The van der Waals surface area contributed by atoms with Gasteiger partial charge in [0, 0.05) is 24.0 Å². The van der Waals surface area contributed by atoms with Gasteiger partial charge in [0.05, 0.1) is 6.10 Å². The first kappa shape index (κ1) is 16.0. The van der Waals surface area contributed by atoms with Crippen LogP contribution in [0.25, 0.3) is 0 Å². The molecule has 1 aromatic rings. The van der Waals surface area contributed by atoms with E-state index in [0.717, 1.165) is 25.4 Å². The van der Waals surface area contributed by atoms with E-state index in [4.69, 9.17) is 0 Å². The molecule has 0 bridgehead atoms. The second kappa shape index (κ2) is 7.58. The largest absolute Gasteiger partial charge is 0.393 e. The summed E-state index contributed by atoms with van der Waals surface area (Å²) in [5.41, 5.74) is 0.